The summed E-state index contributed by atoms with van der Waals surface area (Å²) in [5.41, 5.74) is 2.05. The number of aromatic nitrogens is 1. The molecule has 0 saturated carbocycles. The third-order valence-electron chi connectivity index (χ3n) is 2.97. The van der Waals surface area contributed by atoms with Crippen molar-refractivity contribution in [1.82, 2.24) is 4.98 Å². The van der Waals surface area contributed by atoms with Gasteiger partial charge in [-0.1, -0.05) is 11.6 Å². The lowest BCUT2D eigenvalue weighted by molar-refractivity contribution is 0.0697. The van der Waals surface area contributed by atoms with Crippen LogP contribution in [0.2, 0.25) is 5.02 Å². The molecular weight excluding hydrogens is 292 g/mol. The van der Waals surface area contributed by atoms with E-state index in [1.54, 1.807) is 38.1 Å². The summed E-state index contributed by atoms with van der Waals surface area (Å²) >= 11 is 5.97. The molecule has 6 heteroatoms. The third kappa shape index (κ3) is 3.25. The summed E-state index contributed by atoms with van der Waals surface area (Å²) in [5.74, 6) is -0.222. The van der Waals surface area contributed by atoms with Crippen LogP contribution in [0.4, 0.5) is 11.5 Å². The molecule has 0 atom stereocenters. The van der Waals surface area contributed by atoms with Crippen molar-refractivity contribution in [3.63, 3.8) is 0 Å². The topological polar surface area (TPSA) is 71.5 Å². The highest BCUT2D eigenvalue weighted by molar-refractivity contribution is 6.31. The lowest BCUT2D eigenvalue weighted by atomic mass is 10.1. The predicted octanol–water partition coefficient (Wildman–Crippen LogP) is 3.80. The van der Waals surface area contributed by atoms with E-state index in [-0.39, 0.29) is 11.4 Å². The fourth-order valence-corrected chi connectivity index (χ4v) is 2.27. The molecule has 5 nitrogen and oxygen atoms in total. The number of benzene rings is 1. The van der Waals surface area contributed by atoms with Crippen molar-refractivity contribution < 1.29 is 14.6 Å². The second kappa shape index (κ2) is 6.01. The Morgan fingerprint density at radius 3 is 2.67 bits per heavy atom. The molecule has 0 spiro atoms. The molecule has 0 bridgehead atoms. The highest BCUT2D eigenvalue weighted by Crippen LogP contribution is 2.31. The van der Waals surface area contributed by atoms with E-state index in [2.05, 4.69) is 10.3 Å². The molecule has 110 valence electrons. The number of aryl methyl sites for hydroxylation is 2. The average molecular weight is 307 g/mol. The number of aromatic carboxylic acids is 1. The van der Waals surface area contributed by atoms with Crippen LogP contribution in [0.25, 0.3) is 0 Å². The molecule has 0 amide bonds. The molecule has 0 saturated heterocycles. The maximum absolute atomic E-state index is 11.4. The number of hydrogen-bond acceptors (Lipinski definition) is 4. The number of ether oxygens (including phenoxy) is 1. The zero-order valence-electron chi connectivity index (χ0n) is 11.9. The van der Waals surface area contributed by atoms with Crippen molar-refractivity contribution >= 4 is 29.1 Å². The van der Waals surface area contributed by atoms with Gasteiger partial charge in [0.2, 0.25) is 0 Å². The SMILES string of the molecule is COc1ccc(Cl)cc1Nc1nc(C)cc(C)c1C(=O)O. The fourth-order valence-electron chi connectivity index (χ4n) is 2.10. The summed E-state index contributed by atoms with van der Waals surface area (Å²) < 4.78 is 5.24. The standard InChI is InChI=1S/C15H15ClN2O3/c1-8-6-9(2)17-14(13(8)15(19)20)18-11-7-10(16)4-5-12(11)21-3/h4-7H,1-3H3,(H,17,18)(H,19,20). The fraction of sp³-hybridized carbons (Fsp3) is 0.200. The van der Waals surface area contributed by atoms with Gasteiger partial charge in [-0.3, -0.25) is 0 Å². The van der Waals surface area contributed by atoms with Gasteiger partial charge in [0, 0.05) is 10.7 Å². The normalized spacial score (nSPS) is 10.3. The molecule has 1 heterocycles. The number of anilines is 2. The zero-order chi connectivity index (χ0) is 15.6. The number of nitrogens with zero attached hydrogens (tertiary/aromatic N) is 1. The van der Waals surface area contributed by atoms with E-state index in [0.29, 0.717) is 22.0 Å². The number of nitrogens with one attached hydrogen (secondary N) is 1. The first-order valence-corrected chi connectivity index (χ1v) is 6.62. The van der Waals surface area contributed by atoms with Crippen LogP contribution in [0, 0.1) is 13.8 Å². The number of hydrogen-bond donors (Lipinski definition) is 2. The number of carbonyl (C=O) groups is 1. The average Bonchev–Trinajstić information content (AvgIpc) is 2.37. The van der Waals surface area contributed by atoms with Crippen LogP contribution in [0.1, 0.15) is 21.6 Å². The van der Waals surface area contributed by atoms with Gasteiger partial charge in [-0.25, -0.2) is 9.78 Å². The van der Waals surface area contributed by atoms with Gasteiger partial charge in [0.05, 0.1) is 12.8 Å². The first-order chi connectivity index (χ1) is 9.92. The van der Waals surface area contributed by atoms with Crippen molar-refractivity contribution in [2.24, 2.45) is 0 Å². The summed E-state index contributed by atoms with van der Waals surface area (Å²) in [6, 6.07) is 6.78. The number of methoxy groups -OCH3 is 1. The molecule has 21 heavy (non-hydrogen) atoms. The van der Waals surface area contributed by atoms with Crippen LogP contribution in [0.3, 0.4) is 0 Å². The first kappa shape index (κ1) is 15.1. The molecule has 0 unspecified atom stereocenters. The molecule has 0 fully saturated rings. The largest absolute Gasteiger partial charge is 0.495 e. The highest BCUT2D eigenvalue weighted by atomic mass is 35.5. The third-order valence-corrected chi connectivity index (χ3v) is 3.21. The monoisotopic (exact) mass is 306 g/mol. The maximum atomic E-state index is 11.4. The molecule has 1 aromatic heterocycles. The highest BCUT2D eigenvalue weighted by Gasteiger charge is 2.17. The molecule has 1 aromatic carbocycles. The molecule has 0 aliphatic rings. The van der Waals surface area contributed by atoms with E-state index in [1.807, 2.05) is 0 Å². The first-order valence-electron chi connectivity index (χ1n) is 6.24. The van der Waals surface area contributed by atoms with E-state index >= 15 is 0 Å². The Bertz CT molecular complexity index is 702. The Kier molecular flexibility index (Phi) is 4.33. The van der Waals surface area contributed by atoms with Crippen molar-refractivity contribution in [3.05, 3.63) is 46.1 Å². The molecule has 2 rings (SSSR count). The van der Waals surface area contributed by atoms with Crippen LogP contribution in [0.15, 0.2) is 24.3 Å². The predicted molar refractivity (Wildman–Crippen MR) is 82.0 cm³/mol. The van der Waals surface area contributed by atoms with Gasteiger partial charge >= 0.3 is 5.97 Å². The maximum Gasteiger partial charge on any atom is 0.339 e. The molecule has 0 aliphatic heterocycles. The quantitative estimate of drug-likeness (QED) is 0.899. The minimum Gasteiger partial charge on any atom is -0.495 e. The smallest absolute Gasteiger partial charge is 0.339 e. The van der Waals surface area contributed by atoms with E-state index in [9.17, 15) is 9.90 Å². The number of pyridine rings is 1. The lowest BCUT2D eigenvalue weighted by Gasteiger charge is -2.14. The number of rotatable bonds is 4. The number of carboxylic acid groups (broad SMARTS) is 1. The van der Waals surface area contributed by atoms with Gasteiger partial charge in [0.1, 0.15) is 17.1 Å². The number of carboxylic acids is 1. The Labute approximate surface area is 127 Å². The minimum absolute atomic E-state index is 0.127. The van der Waals surface area contributed by atoms with Gasteiger partial charge in [-0.2, -0.15) is 0 Å². The van der Waals surface area contributed by atoms with Crippen LogP contribution < -0.4 is 10.1 Å². The Morgan fingerprint density at radius 1 is 1.33 bits per heavy atom. The summed E-state index contributed by atoms with van der Waals surface area (Å²) in [7, 11) is 1.53. The van der Waals surface area contributed by atoms with Crippen molar-refractivity contribution in [3.8, 4) is 5.75 Å². The minimum atomic E-state index is -1.04. The Morgan fingerprint density at radius 2 is 2.05 bits per heavy atom. The van der Waals surface area contributed by atoms with Crippen LogP contribution in [0.5, 0.6) is 5.75 Å². The van der Waals surface area contributed by atoms with E-state index < -0.39 is 5.97 Å². The summed E-state index contributed by atoms with van der Waals surface area (Å²) in [6.45, 7) is 3.54. The summed E-state index contributed by atoms with van der Waals surface area (Å²) in [6.07, 6.45) is 0. The molecule has 2 N–H and O–H groups in total. The van der Waals surface area contributed by atoms with Gasteiger partial charge in [0.15, 0.2) is 0 Å². The molecular formula is C15H15ClN2O3. The van der Waals surface area contributed by atoms with Gasteiger partial charge in [0.25, 0.3) is 0 Å². The van der Waals surface area contributed by atoms with E-state index in [0.717, 1.165) is 5.69 Å². The van der Waals surface area contributed by atoms with Gasteiger partial charge in [-0.15, -0.1) is 0 Å². The number of halogens is 1. The van der Waals surface area contributed by atoms with E-state index in [4.69, 9.17) is 16.3 Å². The summed E-state index contributed by atoms with van der Waals surface area (Å²) in [4.78, 5) is 15.7. The van der Waals surface area contributed by atoms with Crippen molar-refractivity contribution in [2.75, 3.05) is 12.4 Å². The Balaban J connectivity index is 2.53. The molecule has 2 aromatic rings. The van der Waals surface area contributed by atoms with Crippen molar-refractivity contribution in [1.29, 1.82) is 0 Å². The van der Waals surface area contributed by atoms with Gasteiger partial charge < -0.3 is 15.2 Å². The van der Waals surface area contributed by atoms with Crippen LogP contribution >= 0.6 is 11.6 Å². The Hall–Kier alpha value is -2.27. The second-order valence-corrected chi connectivity index (χ2v) is 5.02. The van der Waals surface area contributed by atoms with Crippen molar-refractivity contribution in [2.45, 2.75) is 13.8 Å². The molecule has 0 aliphatic carbocycles. The lowest BCUT2D eigenvalue weighted by Crippen LogP contribution is -2.09. The zero-order valence-corrected chi connectivity index (χ0v) is 12.7. The van der Waals surface area contributed by atoms with Crippen LogP contribution in [-0.4, -0.2) is 23.2 Å². The summed E-state index contributed by atoms with van der Waals surface area (Å²) in [5, 5.41) is 12.9. The van der Waals surface area contributed by atoms with Crippen LogP contribution in [-0.2, 0) is 0 Å². The van der Waals surface area contributed by atoms with Gasteiger partial charge in [-0.05, 0) is 43.7 Å². The van der Waals surface area contributed by atoms with E-state index in [1.165, 1.54) is 7.11 Å². The molecule has 0 radical (unpaired) electrons. The second-order valence-electron chi connectivity index (χ2n) is 4.58.